The van der Waals surface area contributed by atoms with Gasteiger partial charge in [-0.15, -0.1) is 0 Å². The van der Waals surface area contributed by atoms with E-state index in [1.165, 1.54) is 12.0 Å². The van der Waals surface area contributed by atoms with E-state index in [0.717, 1.165) is 10.2 Å². The standard InChI is InChI=1S/C11H15BrO/c1-4-8(2)9-5-6-11(13-3)10(12)7-9/h5-8H,4H2,1-3H3. The molecule has 1 nitrogen and oxygen atoms in total. The summed E-state index contributed by atoms with van der Waals surface area (Å²) < 4.78 is 6.20. The molecule has 0 aromatic heterocycles. The van der Waals surface area contributed by atoms with Crippen molar-refractivity contribution in [1.29, 1.82) is 0 Å². The second-order valence-electron chi connectivity index (χ2n) is 3.20. The molecule has 0 aliphatic carbocycles. The summed E-state index contributed by atoms with van der Waals surface area (Å²) in [5.41, 5.74) is 1.36. The predicted octanol–water partition coefficient (Wildman–Crippen LogP) is 3.97. The molecule has 0 spiro atoms. The van der Waals surface area contributed by atoms with Crippen LogP contribution in [0, 0.1) is 0 Å². The first kappa shape index (κ1) is 10.6. The molecule has 1 aromatic carbocycles. The maximum atomic E-state index is 5.17. The normalized spacial score (nSPS) is 12.6. The zero-order valence-corrected chi connectivity index (χ0v) is 9.89. The summed E-state index contributed by atoms with van der Waals surface area (Å²) >= 11 is 3.48. The molecule has 0 aliphatic heterocycles. The Kier molecular flexibility index (Phi) is 3.79. The van der Waals surface area contributed by atoms with Gasteiger partial charge in [-0.25, -0.2) is 0 Å². The molecule has 0 aliphatic rings. The molecule has 1 atom stereocenters. The predicted molar refractivity (Wildman–Crippen MR) is 59.4 cm³/mol. The number of halogens is 1. The minimum absolute atomic E-state index is 0.613. The third-order valence-electron chi connectivity index (χ3n) is 2.36. The molecular formula is C11H15BrO. The van der Waals surface area contributed by atoms with E-state index in [2.05, 4.69) is 41.9 Å². The molecule has 0 saturated heterocycles. The fourth-order valence-corrected chi connectivity index (χ4v) is 1.78. The van der Waals surface area contributed by atoms with Gasteiger partial charge in [-0.05, 0) is 46.0 Å². The van der Waals surface area contributed by atoms with Crippen molar-refractivity contribution in [3.63, 3.8) is 0 Å². The minimum atomic E-state index is 0.613. The lowest BCUT2D eigenvalue weighted by atomic mass is 9.99. The fraction of sp³-hybridized carbons (Fsp3) is 0.455. The summed E-state index contributed by atoms with van der Waals surface area (Å²) in [7, 11) is 1.68. The Hall–Kier alpha value is -0.500. The Bertz CT molecular complexity index is 283. The van der Waals surface area contributed by atoms with Gasteiger partial charge >= 0.3 is 0 Å². The topological polar surface area (TPSA) is 9.23 Å². The van der Waals surface area contributed by atoms with Crippen LogP contribution < -0.4 is 4.74 Å². The average molecular weight is 243 g/mol. The molecule has 0 saturated carbocycles. The van der Waals surface area contributed by atoms with Crippen molar-refractivity contribution in [2.75, 3.05) is 7.11 Å². The van der Waals surface area contributed by atoms with Gasteiger partial charge in [-0.3, -0.25) is 0 Å². The van der Waals surface area contributed by atoms with Gasteiger partial charge in [0.25, 0.3) is 0 Å². The number of benzene rings is 1. The summed E-state index contributed by atoms with van der Waals surface area (Å²) in [4.78, 5) is 0. The Morgan fingerprint density at radius 1 is 1.46 bits per heavy atom. The summed E-state index contributed by atoms with van der Waals surface area (Å²) in [5.74, 6) is 1.51. The van der Waals surface area contributed by atoms with Crippen molar-refractivity contribution in [3.8, 4) is 5.75 Å². The molecule has 0 radical (unpaired) electrons. The monoisotopic (exact) mass is 242 g/mol. The lowest BCUT2D eigenvalue weighted by Gasteiger charge is -2.10. The highest BCUT2D eigenvalue weighted by atomic mass is 79.9. The molecule has 2 heteroatoms. The quantitative estimate of drug-likeness (QED) is 0.780. The summed E-state index contributed by atoms with van der Waals surface area (Å²) in [5, 5.41) is 0. The van der Waals surface area contributed by atoms with Crippen LogP contribution in [0.2, 0.25) is 0 Å². The highest BCUT2D eigenvalue weighted by Gasteiger charge is 2.05. The van der Waals surface area contributed by atoms with Crippen LogP contribution in [0.15, 0.2) is 22.7 Å². The molecule has 1 aromatic rings. The van der Waals surface area contributed by atoms with Crippen LogP contribution in [0.3, 0.4) is 0 Å². The highest BCUT2D eigenvalue weighted by molar-refractivity contribution is 9.10. The zero-order valence-electron chi connectivity index (χ0n) is 8.30. The lowest BCUT2D eigenvalue weighted by Crippen LogP contribution is -1.92. The molecule has 0 amide bonds. The largest absolute Gasteiger partial charge is 0.496 e. The van der Waals surface area contributed by atoms with Crippen molar-refractivity contribution in [3.05, 3.63) is 28.2 Å². The lowest BCUT2D eigenvalue weighted by molar-refractivity contribution is 0.412. The number of ether oxygens (including phenoxy) is 1. The smallest absolute Gasteiger partial charge is 0.133 e. The van der Waals surface area contributed by atoms with Crippen LogP contribution in [0.5, 0.6) is 5.75 Å². The van der Waals surface area contributed by atoms with Gasteiger partial charge in [-0.2, -0.15) is 0 Å². The number of rotatable bonds is 3. The van der Waals surface area contributed by atoms with E-state index in [9.17, 15) is 0 Å². The first-order valence-corrected chi connectivity index (χ1v) is 5.31. The van der Waals surface area contributed by atoms with Crippen molar-refractivity contribution in [2.45, 2.75) is 26.2 Å². The van der Waals surface area contributed by atoms with Crippen molar-refractivity contribution in [2.24, 2.45) is 0 Å². The van der Waals surface area contributed by atoms with E-state index in [0.29, 0.717) is 5.92 Å². The number of hydrogen-bond acceptors (Lipinski definition) is 1. The minimum Gasteiger partial charge on any atom is -0.496 e. The zero-order chi connectivity index (χ0) is 9.84. The van der Waals surface area contributed by atoms with Crippen molar-refractivity contribution in [1.82, 2.24) is 0 Å². The molecule has 0 bridgehead atoms. The molecule has 0 heterocycles. The molecule has 0 N–H and O–H groups in total. The Morgan fingerprint density at radius 3 is 2.62 bits per heavy atom. The van der Waals surface area contributed by atoms with Gasteiger partial charge in [0.15, 0.2) is 0 Å². The van der Waals surface area contributed by atoms with E-state index in [-0.39, 0.29) is 0 Å². The first-order chi connectivity index (χ1) is 6.19. The van der Waals surface area contributed by atoms with E-state index in [1.807, 2.05) is 6.07 Å². The Balaban J connectivity index is 2.95. The third-order valence-corrected chi connectivity index (χ3v) is 2.98. The van der Waals surface area contributed by atoms with Crippen molar-refractivity contribution < 1.29 is 4.74 Å². The SMILES string of the molecule is CCC(C)c1ccc(OC)c(Br)c1. The van der Waals surface area contributed by atoms with Gasteiger partial charge in [0.05, 0.1) is 11.6 Å². The van der Waals surface area contributed by atoms with E-state index in [1.54, 1.807) is 7.11 Å². The highest BCUT2D eigenvalue weighted by Crippen LogP contribution is 2.29. The van der Waals surface area contributed by atoms with Gasteiger partial charge in [0, 0.05) is 0 Å². The van der Waals surface area contributed by atoms with Crippen LogP contribution >= 0.6 is 15.9 Å². The Labute approximate surface area is 88.2 Å². The number of methoxy groups -OCH3 is 1. The van der Waals surface area contributed by atoms with E-state index >= 15 is 0 Å². The van der Waals surface area contributed by atoms with E-state index < -0.39 is 0 Å². The third kappa shape index (κ3) is 2.47. The van der Waals surface area contributed by atoms with Gasteiger partial charge in [0.1, 0.15) is 5.75 Å². The van der Waals surface area contributed by atoms with Crippen LogP contribution in [-0.2, 0) is 0 Å². The molecule has 1 unspecified atom stereocenters. The van der Waals surface area contributed by atoms with Crippen molar-refractivity contribution >= 4 is 15.9 Å². The van der Waals surface area contributed by atoms with Gasteiger partial charge in [-0.1, -0.05) is 19.9 Å². The fourth-order valence-electron chi connectivity index (χ4n) is 1.22. The molecule has 72 valence electrons. The average Bonchev–Trinajstić information content (AvgIpc) is 2.16. The molecule has 0 fully saturated rings. The van der Waals surface area contributed by atoms with E-state index in [4.69, 9.17) is 4.74 Å². The van der Waals surface area contributed by atoms with Gasteiger partial charge in [0.2, 0.25) is 0 Å². The summed E-state index contributed by atoms with van der Waals surface area (Å²) in [6.45, 7) is 4.43. The van der Waals surface area contributed by atoms with Crippen LogP contribution in [0.4, 0.5) is 0 Å². The second kappa shape index (κ2) is 4.66. The number of hydrogen-bond donors (Lipinski definition) is 0. The van der Waals surface area contributed by atoms with Crippen LogP contribution in [-0.4, -0.2) is 7.11 Å². The second-order valence-corrected chi connectivity index (χ2v) is 4.06. The Morgan fingerprint density at radius 2 is 2.15 bits per heavy atom. The summed E-state index contributed by atoms with van der Waals surface area (Å²) in [6, 6.07) is 6.26. The maximum Gasteiger partial charge on any atom is 0.133 e. The van der Waals surface area contributed by atoms with Gasteiger partial charge < -0.3 is 4.74 Å². The first-order valence-electron chi connectivity index (χ1n) is 4.52. The summed E-state index contributed by atoms with van der Waals surface area (Å²) in [6.07, 6.45) is 1.17. The van der Waals surface area contributed by atoms with Crippen LogP contribution in [0.1, 0.15) is 31.7 Å². The maximum absolute atomic E-state index is 5.17. The molecule has 1 rings (SSSR count). The molecule has 13 heavy (non-hydrogen) atoms. The van der Waals surface area contributed by atoms with Crippen LogP contribution in [0.25, 0.3) is 0 Å². The molecular weight excluding hydrogens is 228 g/mol.